The quantitative estimate of drug-likeness (QED) is 0.837. The number of hydrogen-bond donors (Lipinski definition) is 0. The minimum absolute atomic E-state index is 0.118. The molecular weight excluding hydrogens is 304 g/mol. The molecule has 0 aromatic carbocycles. The zero-order valence-corrected chi connectivity index (χ0v) is 12.6. The fourth-order valence-corrected chi connectivity index (χ4v) is 3.41. The van der Waals surface area contributed by atoms with Crippen molar-refractivity contribution in [2.75, 3.05) is 12.3 Å². The van der Waals surface area contributed by atoms with Gasteiger partial charge in [-0.3, -0.25) is 4.98 Å². The first-order valence-electron chi connectivity index (χ1n) is 5.52. The standard InChI is InChI=1S/C11H17BrN2O2S/c1-4-14(17(15,16)5-2)9(3)10-6-11(12)8-13-7-10/h6-9H,4-5H2,1-3H3. The second kappa shape index (κ2) is 5.93. The molecule has 17 heavy (non-hydrogen) atoms. The number of pyridine rings is 1. The molecule has 4 nitrogen and oxygen atoms in total. The van der Waals surface area contributed by atoms with Crippen molar-refractivity contribution in [3.05, 3.63) is 28.5 Å². The van der Waals surface area contributed by atoms with Gasteiger partial charge in [0.2, 0.25) is 10.0 Å². The first kappa shape index (κ1) is 14.6. The van der Waals surface area contributed by atoms with Gasteiger partial charge in [-0.1, -0.05) is 6.92 Å². The molecule has 1 rings (SSSR count). The van der Waals surface area contributed by atoms with Crippen molar-refractivity contribution in [1.29, 1.82) is 0 Å². The van der Waals surface area contributed by atoms with E-state index in [0.29, 0.717) is 6.54 Å². The lowest BCUT2D eigenvalue weighted by Crippen LogP contribution is -2.34. The Morgan fingerprint density at radius 3 is 2.53 bits per heavy atom. The smallest absolute Gasteiger partial charge is 0.214 e. The van der Waals surface area contributed by atoms with Gasteiger partial charge in [-0.2, -0.15) is 4.31 Å². The average molecular weight is 321 g/mol. The number of halogens is 1. The second-order valence-corrected chi connectivity index (χ2v) is 6.84. The van der Waals surface area contributed by atoms with E-state index in [9.17, 15) is 8.42 Å². The van der Waals surface area contributed by atoms with Crippen LogP contribution in [0.5, 0.6) is 0 Å². The summed E-state index contributed by atoms with van der Waals surface area (Å²) in [6.45, 7) is 5.84. The third kappa shape index (κ3) is 3.50. The van der Waals surface area contributed by atoms with Crippen LogP contribution < -0.4 is 0 Å². The maximum absolute atomic E-state index is 11.9. The van der Waals surface area contributed by atoms with E-state index in [1.165, 1.54) is 4.31 Å². The van der Waals surface area contributed by atoms with E-state index in [1.54, 1.807) is 19.3 Å². The zero-order chi connectivity index (χ0) is 13.1. The van der Waals surface area contributed by atoms with Crippen molar-refractivity contribution in [3.63, 3.8) is 0 Å². The Bertz CT molecular complexity index is 476. The molecule has 0 aliphatic heterocycles. The summed E-state index contributed by atoms with van der Waals surface area (Å²) in [6.07, 6.45) is 3.38. The van der Waals surface area contributed by atoms with Gasteiger partial charge in [0.1, 0.15) is 0 Å². The SMILES string of the molecule is CCN(C(C)c1cncc(Br)c1)S(=O)(=O)CC. The predicted molar refractivity (Wildman–Crippen MR) is 72.2 cm³/mol. The zero-order valence-electron chi connectivity index (χ0n) is 10.2. The van der Waals surface area contributed by atoms with Gasteiger partial charge in [-0.25, -0.2) is 8.42 Å². The first-order chi connectivity index (χ1) is 7.92. The van der Waals surface area contributed by atoms with Crippen LogP contribution in [0.2, 0.25) is 0 Å². The van der Waals surface area contributed by atoms with E-state index in [2.05, 4.69) is 20.9 Å². The summed E-state index contributed by atoms with van der Waals surface area (Å²) in [5.41, 5.74) is 0.887. The van der Waals surface area contributed by atoms with Crippen LogP contribution in [-0.2, 0) is 10.0 Å². The molecule has 0 N–H and O–H groups in total. The summed E-state index contributed by atoms with van der Waals surface area (Å²) in [6, 6.07) is 1.70. The Labute approximate surface area is 111 Å². The van der Waals surface area contributed by atoms with Crippen LogP contribution in [0.3, 0.4) is 0 Å². The highest BCUT2D eigenvalue weighted by molar-refractivity contribution is 9.10. The van der Waals surface area contributed by atoms with Crippen LogP contribution in [0.15, 0.2) is 22.9 Å². The molecule has 0 radical (unpaired) electrons. The van der Waals surface area contributed by atoms with Gasteiger partial charge in [0.05, 0.1) is 5.75 Å². The molecule has 0 amide bonds. The van der Waals surface area contributed by atoms with Gasteiger partial charge in [-0.05, 0) is 41.4 Å². The molecule has 96 valence electrons. The molecule has 0 fully saturated rings. The van der Waals surface area contributed by atoms with Gasteiger partial charge in [0.15, 0.2) is 0 Å². The average Bonchev–Trinajstić information content (AvgIpc) is 2.29. The minimum atomic E-state index is -3.18. The Hall–Kier alpha value is -0.460. The topological polar surface area (TPSA) is 50.3 Å². The van der Waals surface area contributed by atoms with Crippen molar-refractivity contribution in [2.24, 2.45) is 0 Å². The van der Waals surface area contributed by atoms with Crippen molar-refractivity contribution in [2.45, 2.75) is 26.8 Å². The molecule has 6 heteroatoms. The predicted octanol–water partition coefficient (Wildman–Crippen LogP) is 2.58. The summed E-state index contributed by atoms with van der Waals surface area (Å²) in [4.78, 5) is 4.06. The van der Waals surface area contributed by atoms with Crippen LogP contribution in [0.1, 0.15) is 32.4 Å². The maximum Gasteiger partial charge on any atom is 0.214 e. The molecule has 0 bridgehead atoms. The van der Waals surface area contributed by atoms with Crippen LogP contribution in [0, 0.1) is 0 Å². The van der Waals surface area contributed by atoms with E-state index >= 15 is 0 Å². The largest absolute Gasteiger partial charge is 0.263 e. The molecule has 0 aliphatic rings. The maximum atomic E-state index is 11.9. The monoisotopic (exact) mass is 320 g/mol. The van der Waals surface area contributed by atoms with Crippen LogP contribution in [-0.4, -0.2) is 30.0 Å². The summed E-state index contributed by atoms with van der Waals surface area (Å²) < 4.78 is 26.2. The highest BCUT2D eigenvalue weighted by Gasteiger charge is 2.25. The number of rotatable bonds is 5. The van der Waals surface area contributed by atoms with E-state index in [1.807, 2.05) is 19.9 Å². The van der Waals surface area contributed by atoms with Crippen LogP contribution in [0.4, 0.5) is 0 Å². The highest BCUT2D eigenvalue weighted by Crippen LogP contribution is 2.24. The van der Waals surface area contributed by atoms with Crippen molar-refractivity contribution < 1.29 is 8.42 Å². The lowest BCUT2D eigenvalue weighted by Gasteiger charge is -2.26. The lowest BCUT2D eigenvalue weighted by molar-refractivity contribution is 0.357. The Morgan fingerprint density at radius 1 is 1.41 bits per heavy atom. The van der Waals surface area contributed by atoms with E-state index < -0.39 is 10.0 Å². The molecule has 0 aliphatic carbocycles. The first-order valence-corrected chi connectivity index (χ1v) is 7.92. The Balaban J connectivity index is 3.06. The summed E-state index contributed by atoms with van der Waals surface area (Å²) >= 11 is 3.34. The van der Waals surface area contributed by atoms with Gasteiger partial charge in [0, 0.05) is 29.5 Å². The van der Waals surface area contributed by atoms with E-state index in [4.69, 9.17) is 0 Å². The van der Waals surface area contributed by atoms with Crippen molar-refractivity contribution in [1.82, 2.24) is 9.29 Å². The molecule has 0 saturated heterocycles. The minimum Gasteiger partial charge on any atom is -0.263 e. The summed E-state index contributed by atoms with van der Waals surface area (Å²) in [5, 5.41) is 0. The van der Waals surface area contributed by atoms with E-state index in [-0.39, 0.29) is 11.8 Å². The molecule has 1 atom stereocenters. The number of hydrogen-bond acceptors (Lipinski definition) is 3. The second-order valence-electron chi connectivity index (χ2n) is 3.72. The molecule has 1 aromatic heterocycles. The van der Waals surface area contributed by atoms with Gasteiger partial charge in [-0.15, -0.1) is 0 Å². The summed E-state index contributed by atoms with van der Waals surface area (Å²) in [5.74, 6) is 0.118. The highest BCUT2D eigenvalue weighted by atomic mass is 79.9. The van der Waals surface area contributed by atoms with Crippen molar-refractivity contribution >= 4 is 26.0 Å². The van der Waals surface area contributed by atoms with Gasteiger partial charge < -0.3 is 0 Å². The van der Waals surface area contributed by atoms with Crippen LogP contribution in [0.25, 0.3) is 0 Å². The van der Waals surface area contributed by atoms with Gasteiger partial charge in [0.25, 0.3) is 0 Å². The molecule has 1 aromatic rings. The number of sulfonamides is 1. The lowest BCUT2D eigenvalue weighted by atomic mass is 10.1. The normalized spacial score (nSPS) is 13.9. The fraction of sp³-hybridized carbons (Fsp3) is 0.545. The molecule has 1 heterocycles. The molecule has 1 unspecified atom stereocenters. The van der Waals surface area contributed by atoms with Crippen molar-refractivity contribution in [3.8, 4) is 0 Å². The van der Waals surface area contributed by atoms with Crippen LogP contribution >= 0.6 is 15.9 Å². The van der Waals surface area contributed by atoms with Gasteiger partial charge >= 0.3 is 0 Å². The molecule has 0 spiro atoms. The third-order valence-electron chi connectivity index (χ3n) is 2.67. The van der Waals surface area contributed by atoms with E-state index in [0.717, 1.165) is 10.0 Å². The third-order valence-corrected chi connectivity index (χ3v) is 5.13. The Kier molecular flexibility index (Phi) is 5.09. The number of aromatic nitrogens is 1. The molecular formula is C11H17BrN2O2S. The summed E-state index contributed by atoms with van der Waals surface area (Å²) in [7, 11) is -3.18. The number of nitrogens with zero attached hydrogens (tertiary/aromatic N) is 2. The molecule has 0 saturated carbocycles. The Morgan fingerprint density at radius 2 is 2.06 bits per heavy atom. The fourth-order valence-electron chi connectivity index (χ4n) is 1.70.